The van der Waals surface area contributed by atoms with Crippen molar-refractivity contribution in [3.05, 3.63) is 59.2 Å². The second-order valence-corrected chi connectivity index (χ2v) is 6.68. The topological polar surface area (TPSA) is 55.4 Å². The molecule has 126 valence electrons. The van der Waals surface area contributed by atoms with Crippen LogP contribution >= 0.6 is 11.8 Å². The number of thioether (sulfide) groups is 1. The molecule has 2 aromatic rings. The van der Waals surface area contributed by atoms with E-state index in [0.717, 1.165) is 27.5 Å². The molecule has 0 aliphatic rings. The van der Waals surface area contributed by atoms with Crippen molar-refractivity contribution in [2.75, 3.05) is 17.7 Å². The summed E-state index contributed by atoms with van der Waals surface area (Å²) in [4.78, 5) is 25.1. The summed E-state index contributed by atoms with van der Waals surface area (Å²) in [6.45, 7) is 5.63. The van der Waals surface area contributed by atoms with Gasteiger partial charge in [0.25, 0.3) is 5.91 Å². The molecule has 0 fully saturated rings. The van der Waals surface area contributed by atoms with Crippen molar-refractivity contribution in [1.82, 2.24) is 0 Å². The summed E-state index contributed by atoms with van der Waals surface area (Å²) in [5.74, 6) is 0.0237. The number of esters is 1. The third-order valence-corrected chi connectivity index (χ3v) is 4.35. The normalized spacial score (nSPS) is 10.3. The van der Waals surface area contributed by atoms with Crippen LogP contribution < -0.4 is 5.32 Å². The number of aryl methyl sites for hydroxylation is 2. The van der Waals surface area contributed by atoms with Crippen LogP contribution in [0.1, 0.15) is 28.4 Å². The molecule has 0 aromatic heterocycles. The zero-order valence-electron chi connectivity index (χ0n) is 14.1. The minimum absolute atomic E-state index is 0.308. The lowest BCUT2D eigenvalue weighted by atomic mass is 10.1. The van der Waals surface area contributed by atoms with E-state index in [1.165, 1.54) is 0 Å². The predicted octanol–water partition coefficient (Wildman–Crippen LogP) is 4.21. The second kappa shape index (κ2) is 8.55. The first kappa shape index (κ1) is 18.1. The van der Waals surface area contributed by atoms with E-state index in [1.54, 1.807) is 23.9 Å². The Hall–Kier alpha value is -2.27. The lowest BCUT2D eigenvalue weighted by molar-refractivity contribution is -0.119. The van der Waals surface area contributed by atoms with Gasteiger partial charge in [-0.2, -0.15) is 0 Å². The maximum absolute atomic E-state index is 12.2. The van der Waals surface area contributed by atoms with E-state index in [9.17, 15) is 9.59 Å². The fourth-order valence-electron chi connectivity index (χ4n) is 2.27. The number of anilines is 1. The molecule has 0 spiro atoms. The highest BCUT2D eigenvalue weighted by atomic mass is 32.2. The number of amides is 1. The van der Waals surface area contributed by atoms with Gasteiger partial charge in [0.05, 0.1) is 5.56 Å². The van der Waals surface area contributed by atoms with Crippen LogP contribution in [0.4, 0.5) is 5.69 Å². The van der Waals surface area contributed by atoms with Crippen LogP contribution in [0.3, 0.4) is 0 Å². The van der Waals surface area contributed by atoms with Crippen molar-refractivity contribution in [1.29, 1.82) is 0 Å². The first-order valence-electron chi connectivity index (χ1n) is 7.77. The van der Waals surface area contributed by atoms with E-state index >= 15 is 0 Å². The van der Waals surface area contributed by atoms with Gasteiger partial charge in [0, 0.05) is 10.6 Å². The van der Waals surface area contributed by atoms with Gasteiger partial charge in [-0.1, -0.05) is 36.8 Å². The van der Waals surface area contributed by atoms with E-state index in [2.05, 4.69) is 5.32 Å². The number of benzene rings is 2. The summed E-state index contributed by atoms with van der Waals surface area (Å²) in [5.41, 5.74) is 3.31. The van der Waals surface area contributed by atoms with Crippen LogP contribution in [0.25, 0.3) is 0 Å². The molecule has 0 aliphatic heterocycles. The molecule has 2 rings (SSSR count). The number of hydrogen-bond donors (Lipinski definition) is 1. The molecule has 0 radical (unpaired) electrons. The fourth-order valence-corrected chi connectivity index (χ4v) is 3.06. The Morgan fingerprint density at radius 3 is 2.58 bits per heavy atom. The highest BCUT2D eigenvalue weighted by Crippen LogP contribution is 2.23. The van der Waals surface area contributed by atoms with Crippen molar-refractivity contribution in [2.24, 2.45) is 0 Å². The molecule has 2 aromatic carbocycles. The Morgan fingerprint density at radius 1 is 1.12 bits per heavy atom. The number of ether oxygens (including phenoxy) is 1. The Kier molecular flexibility index (Phi) is 6.44. The van der Waals surface area contributed by atoms with Gasteiger partial charge in [-0.05, 0) is 43.4 Å². The quantitative estimate of drug-likeness (QED) is 0.630. The Bertz CT molecular complexity index is 743. The SMILES string of the molecule is CCSc1ccccc1C(=O)OCC(=O)Nc1ccc(C)cc1C. The molecule has 1 amide bonds. The summed E-state index contributed by atoms with van der Waals surface area (Å²) >= 11 is 1.57. The van der Waals surface area contributed by atoms with Gasteiger partial charge in [0.1, 0.15) is 0 Å². The van der Waals surface area contributed by atoms with Gasteiger partial charge >= 0.3 is 5.97 Å². The third kappa shape index (κ3) is 4.86. The maximum Gasteiger partial charge on any atom is 0.339 e. The molecular weight excluding hydrogens is 322 g/mol. The smallest absolute Gasteiger partial charge is 0.339 e. The van der Waals surface area contributed by atoms with Crippen LogP contribution in [0, 0.1) is 13.8 Å². The van der Waals surface area contributed by atoms with E-state index in [4.69, 9.17) is 4.74 Å². The minimum atomic E-state index is -0.484. The van der Waals surface area contributed by atoms with Gasteiger partial charge in [-0.3, -0.25) is 4.79 Å². The second-order valence-electron chi connectivity index (χ2n) is 5.37. The maximum atomic E-state index is 12.2. The molecule has 4 nitrogen and oxygen atoms in total. The Balaban J connectivity index is 1.95. The summed E-state index contributed by atoms with van der Waals surface area (Å²) in [6.07, 6.45) is 0. The molecule has 0 saturated carbocycles. The monoisotopic (exact) mass is 343 g/mol. The fraction of sp³-hybridized carbons (Fsp3) is 0.263. The standard InChI is InChI=1S/C19H21NO3S/c1-4-24-17-8-6-5-7-15(17)19(22)23-12-18(21)20-16-10-9-13(2)11-14(16)3/h5-11H,4,12H2,1-3H3,(H,20,21). The van der Waals surface area contributed by atoms with E-state index < -0.39 is 5.97 Å². The Labute approximate surface area is 146 Å². The van der Waals surface area contributed by atoms with E-state index in [-0.39, 0.29) is 12.5 Å². The van der Waals surface area contributed by atoms with Crippen molar-refractivity contribution in [2.45, 2.75) is 25.7 Å². The van der Waals surface area contributed by atoms with Crippen molar-refractivity contribution >= 4 is 29.3 Å². The molecule has 1 N–H and O–H groups in total. The molecule has 5 heteroatoms. The van der Waals surface area contributed by atoms with Crippen LogP contribution in [0.15, 0.2) is 47.4 Å². The molecular formula is C19H21NO3S. The number of hydrogen-bond acceptors (Lipinski definition) is 4. The van der Waals surface area contributed by atoms with Crippen LogP contribution in [-0.4, -0.2) is 24.2 Å². The number of nitrogens with one attached hydrogen (secondary N) is 1. The lowest BCUT2D eigenvalue weighted by Crippen LogP contribution is -2.21. The number of carbonyl (C=O) groups is 2. The molecule has 0 unspecified atom stereocenters. The third-order valence-electron chi connectivity index (χ3n) is 3.40. The summed E-state index contributed by atoms with van der Waals surface area (Å²) in [6, 6.07) is 13.0. The summed E-state index contributed by atoms with van der Waals surface area (Å²) in [7, 11) is 0. The molecule has 0 saturated heterocycles. The van der Waals surface area contributed by atoms with E-state index in [0.29, 0.717) is 5.56 Å². The zero-order valence-corrected chi connectivity index (χ0v) is 14.9. The first-order chi connectivity index (χ1) is 11.5. The number of carbonyl (C=O) groups excluding carboxylic acids is 2. The van der Waals surface area contributed by atoms with Crippen molar-refractivity contribution < 1.29 is 14.3 Å². The van der Waals surface area contributed by atoms with Crippen LogP contribution in [0.5, 0.6) is 0 Å². The van der Waals surface area contributed by atoms with Crippen molar-refractivity contribution in [3.63, 3.8) is 0 Å². The highest BCUT2D eigenvalue weighted by Gasteiger charge is 2.14. The van der Waals surface area contributed by atoms with Gasteiger partial charge in [0.2, 0.25) is 0 Å². The van der Waals surface area contributed by atoms with Gasteiger partial charge in [-0.15, -0.1) is 11.8 Å². The molecule has 24 heavy (non-hydrogen) atoms. The largest absolute Gasteiger partial charge is 0.452 e. The minimum Gasteiger partial charge on any atom is -0.452 e. The molecule has 0 atom stereocenters. The summed E-state index contributed by atoms with van der Waals surface area (Å²) in [5, 5.41) is 2.76. The van der Waals surface area contributed by atoms with Crippen molar-refractivity contribution in [3.8, 4) is 0 Å². The number of rotatable bonds is 6. The zero-order chi connectivity index (χ0) is 17.5. The molecule has 0 aliphatic carbocycles. The molecule has 0 heterocycles. The predicted molar refractivity (Wildman–Crippen MR) is 97.7 cm³/mol. The van der Waals surface area contributed by atoms with Crippen LogP contribution in [-0.2, 0) is 9.53 Å². The average molecular weight is 343 g/mol. The van der Waals surface area contributed by atoms with Gasteiger partial charge in [0.15, 0.2) is 6.61 Å². The molecule has 0 bridgehead atoms. The van der Waals surface area contributed by atoms with Gasteiger partial charge in [-0.25, -0.2) is 4.79 Å². The summed E-state index contributed by atoms with van der Waals surface area (Å²) < 4.78 is 5.15. The average Bonchev–Trinajstić information content (AvgIpc) is 2.56. The van der Waals surface area contributed by atoms with Crippen LogP contribution in [0.2, 0.25) is 0 Å². The Morgan fingerprint density at radius 2 is 1.88 bits per heavy atom. The highest BCUT2D eigenvalue weighted by molar-refractivity contribution is 7.99. The van der Waals surface area contributed by atoms with Gasteiger partial charge < -0.3 is 10.1 Å². The van der Waals surface area contributed by atoms with E-state index in [1.807, 2.05) is 51.1 Å². The lowest BCUT2D eigenvalue weighted by Gasteiger charge is -2.11. The first-order valence-corrected chi connectivity index (χ1v) is 8.76.